The monoisotopic (exact) mass is 414 g/mol. The average molecular weight is 415 g/mol. The molecule has 0 aliphatic rings. The first kappa shape index (κ1) is 20.7. The topological polar surface area (TPSA) is 66.5 Å². The molecule has 0 aliphatic carbocycles. The zero-order valence-electron chi connectivity index (χ0n) is 14.7. The van der Waals surface area contributed by atoms with E-state index < -0.39 is 15.9 Å². The van der Waals surface area contributed by atoms with Crippen molar-refractivity contribution in [3.05, 3.63) is 57.6 Å². The van der Waals surface area contributed by atoms with Crippen LogP contribution in [0.2, 0.25) is 10.0 Å². The predicted octanol–water partition coefficient (Wildman–Crippen LogP) is 4.58. The average Bonchev–Trinajstić information content (AvgIpc) is 2.59. The first-order valence-corrected chi connectivity index (χ1v) is 10.3. The predicted molar refractivity (Wildman–Crippen MR) is 106 cm³/mol. The van der Waals surface area contributed by atoms with Crippen LogP contribution in [0.15, 0.2) is 41.3 Å². The van der Waals surface area contributed by atoms with Crippen molar-refractivity contribution < 1.29 is 13.2 Å². The number of anilines is 1. The molecule has 0 saturated heterocycles. The molecule has 0 unspecified atom stereocenters. The fraction of sp³-hybridized carbons (Fsp3) is 0.278. The normalized spacial score (nSPS) is 11.6. The molecule has 0 bridgehead atoms. The summed E-state index contributed by atoms with van der Waals surface area (Å²) < 4.78 is 27.0. The van der Waals surface area contributed by atoms with Crippen LogP contribution in [0.1, 0.15) is 29.8 Å². The van der Waals surface area contributed by atoms with Crippen LogP contribution in [-0.2, 0) is 10.0 Å². The van der Waals surface area contributed by atoms with Crippen LogP contribution in [0.3, 0.4) is 0 Å². The summed E-state index contributed by atoms with van der Waals surface area (Å²) in [5.74, 6) is -0.465. The summed E-state index contributed by atoms with van der Waals surface area (Å²) in [6.07, 6.45) is 0. The molecule has 2 aromatic rings. The molecule has 0 radical (unpaired) electrons. The molecule has 2 aromatic carbocycles. The lowest BCUT2D eigenvalue weighted by atomic mass is 10.2. The number of halogens is 2. The molecule has 0 aliphatic heterocycles. The van der Waals surface area contributed by atoms with Gasteiger partial charge < -0.3 is 5.32 Å². The van der Waals surface area contributed by atoms with Crippen LogP contribution < -0.4 is 5.32 Å². The lowest BCUT2D eigenvalue weighted by Gasteiger charge is -2.20. The van der Waals surface area contributed by atoms with Gasteiger partial charge in [0.1, 0.15) is 0 Å². The minimum absolute atomic E-state index is 0.148. The number of carbonyl (C=O) groups excluding carboxylic acids is 1. The van der Waals surface area contributed by atoms with E-state index in [2.05, 4.69) is 5.32 Å². The molecule has 1 amide bonds. The summed E-state index contributed by atoms with van der Waals surface area (Å²) in [6, 6.07) is 9.51. The maximum absolute atomic E-state index is 12.8. The molecule has 0 fully saturated rings. The van der Waals surface area contributed by atoms with Gasteiger partial charge in [-0.1, -0.05) is 49.2 Å². The largest absolute Gasteiger partial charge is 0.322 e. The minimum atomic E-state index is -3.63. The van der Waals surface area contributed by atoms with Crippen LogP contribution >= 0.6 is 23.2 Å². The Hall–Kier alpha value is -1.60. The Morgan fingerprint density at radius 3 is 2.38 bits per heavy atom. The number of hydrogen-bond acceptors (Lipinski definition) is 3. The van der Waals surface area contributed by atoms with Crippen molar-refractivity contribution in [2.75, 3.05) is 18.4 Å². The fourth-order valence-corrected chi connectivity index (χ4v) is 4.63. The summed E-state index contributed by atoms with van der Waals surface area (Å²) in [5.41, 5.74) is 1.19. The molecule has 2 rings (SSSR count). The second-order valence-corrected chi connectivity index (χ2v) is 8.32. The molecular weight excluding hydrogens is 395 g/mol. The number of nitrogens with one attached hydrogen (secondary N) is 1. The minimum Gasteiger partial charge on any atom is -0.322 e. The molecule has 0 spiro atoms. The third-order valence-corrected chi connectivity index (χ3v) is 6.98. The van der Waals surface area contributed by atoms with Crippen molar-refractivity contribution >= 4 is 44.8 Å². The smallest absolute Gasteiger partial charge is 0.257 e. The Labute approximate surface area is 164 Å². The first-order valence-electron chi connectivity index (χ1n) is 8.08. The van der Waals surface area contributed by atoms with Gasteiger partial charge in [0.25, 0.3) is 5.91 Å². The van der Waals surface area contributed by atoms with Crippen LogP contribution in [0.4, 0.5) is 5.69 Å². The summed E-state index contributed by atoms with van der Waals surface area (Å²) in [5, 5.41) is 3.10. The second kappa shape index (κ2) is 8.39. The van der Waals surface area contributed by atoms with Crippen LogP contribution in [0.25, 0.3) is 0 Å². The number of nitrogens with zero attached hydrogens (tertiary/aromatic N) is 1. The SMILES string of the molecule is CCN(CC)S(=O)(=O)c1cc(NC(=O)c2cccc(Cl)c2Cl)ccc1C. The highest BCUT2D eigenvalue weighted by Gasteiger charge is 2.24. The van der Waals surface area contributed by atoms with E-state index in [1.165, 1.54) is 10.4 Å². The first-order chi connectivity index (χ1) is 12.2. The fourth-order valence-electron chi connectivity index (χ4n) is 2.54. The highest BCUT2D eigenvalue weighted by atomic mass is 35.5. The van der Waals surface area contributed by atoms with E-state index >= 15 is 0 Å². The molecule has 0 aromatic heterocycles. The van der Waals surface area contributed by atoms with E-state index in [9.17, 15) is 13.2 Å². The van der Waals surface area contributed by atoms with Gasteiger partial charge >= 0.3 is 0 Å². The van der Waals surface area contributed by atoms with Crippen LogP contribution in [0, 0.1) is 6.92 Å². The van der Waals surface area contributed by atoms with Gasteiger partial charge in [-0.15, -0.1) is 0 Å². The molecule has 5 nitrogen and oxygen atoms in total. The molecule has 8 heteroatoms. The van der Waals surface area contributed by atoms with Gasteiger partial charge in [0.05, 0.1) is 20.5 Å². The Morgan fingerprint density at radius 2 is 1.77 bits per heavy atom. The van der Waals surface area contributed by atoms with Crippen molar-refractivity contribution in [2.45, 2.75) is 25.7 Å². The van der Waals surface area contributed by atoms with E-state index in [-0.39, 0.29) is 20.5 Å². The van der Waals surface area contributed by atoms with Gasteiger partial charge in [0.15, 0.2) is 0 Å². The van der Waals surface area contributed by atoms with Crippen LogP contribution in [0.5, 0.6) is 0 Å². The van der Waals surface area contributed by atoms with Gasteiger partial charge in [-0.3, -0.25) is 4.79 Å². The number of rotatable bonds is 6. The number of amides is 1. The molecule has 0 atom stereocenters. The summed E-state index contributed by atoms with van der Waals surface area (Å²) >= 11 is 12.0. The van der Waals surface area contributed by atoms with Gasteiger partial charge in [-0.25, -0.2) is 8.42 Å². The van der Waals surface area contributed by atoms with E-state index in [4.69, 9.17) is 23.2 Å². The van der Waals surface area contributed by atoms with E-state index in [0.29, 0.717) is 24.3 Å². The van der Waals surface area contributed by atoms with Crippen LogP contribution in [-0.4, -0.2) is 31.7 Å². The standard InChI is InChI=1S/C18H20Cl2N2O3S/c1-4-22(5-2)26(24,25)16-11-13(10-9-12(16)3)21-18(23)14-7-6-8-15(19)17(14)20/h6-11H,4-5H2,1-3H3,(H,21,23). The Morgan fingerprint density at radius 1 is 1.12 bits per heavy atom. The highest BCUT2D eigenvalue weighted by Crippen LogP contribution is 2.27. The van der Waals surface area contributed by atoms with Crippen molar-refractivity contribution in [3.8, 4) is 0 Å². The highest BCUT2D eigenvalue weighted by molar-refractivity contribution is 7.89. The van der Waals surface area contributed by atoms with Gasteiger partial charge in [0, 0.05) is 18.8 Å². The lowest BCUT2D eigenvalue weighted by molar-refractivity contribution is 0.102. The Kier molecular flexibility index (Phi) is 6.69. The summed E-state index contributed by atoms with van der Waals surface area (Å²) in [7, 11) is -3.63. The number of aryl methyl sites for hydroxylation is 1. The number of carbonyl (C=O) groups is 1. The van der Waals surface area contributed by atoms with Gasteiger partial charge in [-0.2, -0.15) is 4.31 Å². The Balaban J connectivity index is 2.38. The molecule has 140 valence electrons. The zero-order chi connectivity index (χ0) is 19.5. The summed E-state index contributed by atoms with van der Waals surface area (Å²) in [6.45, 7) is 6.02. The molecule has 1 N–H and O–H groups in total. The zero-order valence-corrected chi connectivity index (χ0v) is 17.0. The number of benzene rings is 2. The maximum atomic E-state index is 12.8. The van der Waals surface area contributed by atoms with E-state index in [1.807, 2.05) is 0 Å². The third kappa shape index (κ3) is 4.20. The van der Waals surface area contributed by atoms with Crippen molar-refractivity contribution in [3.63, 3.8) is 0 Å². The van der Waals surface area contributed by atoms with E-state index in [0.717, 1.165) is 0 Å². The van der Waals surface area contributed by atoms with Crippen molar-refractivity contribution in [1.82, 2.24) is 4.31 Å². The molecule has 0 saturated carbocycles. The maximum Gasteiger partial charge on any atom is 0.257 e. The molecule has 26 heavy (non-hydrogen) atoms. The number of sulfonamides is 1. The van der Waals surface area contributed by atoms with Gasteiger partial charge in [0.2, 0.25) is 10.0 Å². The number of hydrogen-bond donors (Lipinski definition) is 1. The van der Waals surface area contributed by atoms with E-state index in [1.54, 1.807) is 51.1 Å². The summed E-state index contributed by atoms with van der Waals surface area (Å²) in [4.78, 5) is 12.6. The van der Waals surface area contributed by atoms with Crippen molar-refractivity contribution in [2.24, 2.45) is 0 Å². The van der Waals surface area contributed by atoms with Crippen molar-refractivity contribution in [1.29, 1.82) is 0 Å². The Bertz CT molecular complexity index is 926. The second-order valence-electron chi connectivity index (χ2n) is 5.63. The lowest BCUT2D eigenvalue weighted by Crippen LogP contribution is -2.31. The third-order valence-electron chi connectivity index (χ3n) is 3.97. The molecular formula is C18H20Cl2N2O3S. The van der Waals surface area contributed by atoms with Gasteiger partial charge in [-0.05, 0) is 36.8 Å². The quantitative estimate of drug-likeness (QED) is 0.751. The molecule has 0 heterocycles.